The molecule has 0 aliphatic heterocycles. The highest BCUT2D eigenvalue weighted by molar-refractivity contribution is 14.1. The number of benzene rings is 3. The Balaban J connectivity index is 1.40. The van der Waals surface area contributed by atoms with Gasteiger partial charge in [0, 0.05) is 27.3 Å². The molecule has 5 aromatic rings. The van der Waals surface area contributed by atoms with E-state index in [4.69, 9.17) is 4.74 Å². The van der Waals surface area contributed by atoms with Crippen molar-refractivity contribution in [1.82, 2.24) is 13.3 Å². The topological polar surface area (TPSA) is 86.1 Å². The van der Waals surface area contributed by atoms with Crippen LogP contribution < -0.4 is 10.1 Å². The van der Waals surface area contributed by atoms with E-state index in [-0.39, 0.29) is 4.90 Å². The fourth-order valence-electron chi connectivity index (χ4n) is 3.65. The second kappa shape index (κ2) is 9.59. The molecule has 0 unspecified atom stereocenters. The van der Waals surface area contributed by atoms with E-state index in [0.717, 1.165) is 36.4 Å². The summed E-state index contributed by atoms with van der Waals surface area (Å²) in [5.74, 6) is 1.36. The molecule has 7 nitrogen and oxygen atoms in total. The first-order valence-electron chi connectivity index (χ1n) is 10.7. The quantitative estimate of drug-likeness (QED) is 0.228. The van der Waals surface area contributed by atoms with Crippen LogP contribution in [0, 0.1) is 10.5 Å². The highest BCUT2D eigenvalue weighted by atomic mass is 127. The van der Waals surface area contributed by atoms with Crippen LogP contribution in [0.3, 0.4) is 0 Å². The van der Waals surface area contributed by atoms with Crippen molar-refractivity contribution in [2.75, 3.05) is 12.4 Å². The molecule has 10 heteroatoms. The number of fused-ring (bicyclic) bond motifs is 1. The zero-order valence-corrected chi connectivity index (χ0v) is 22.7. The van der Waals surface area contributed by atoms with E-state index < -0.39 is 10.0 Å². The number of nitrogens with one attached hydrogen (secondary N) is 1. The van der Waals surface area contributed by atoms with Gasteiger partial charge in [0.1, 0.15) is 10.8 Å². The molecule has 0 aliphatic rings. The molecular weight excluding hydrogens is 595 g/mol. The van der Waals surface area contributed by atoms with E-state index in [1.165, 1.54) is 15.5 Å². The molecule has 35 heavy (non-hydrogen) atoms. The van der Waals surface area contributed by atoms with E-state index in [9.17, 15) is 8.42 Å². The zero-order chi connectivity index (χ0) is 24.6. The number of hydrogen-bond acceptors (Lipinski definition) is 7. The van der Waals surface area contributed by atoms with Gasteiger partial charge in [-0.2, -0.15) is 9.36 Å². The van der Waals surface area contributed by atoms with Crippen molar-refractivity contribution in [2.45, 2.75) is 18.4 Å². The lowest BCUT2D eigenvalue weighted by Gasteiger charge is -2.08. The summed E-state index contributed by atoms with van der Waals surface area (Å²) in [5, 5.41) is 4.85. The van der Waals surface area contributed by atoms with Gasteiger partial charge in [-0.1, -0.05) is 29.8 Å². The van der Waals surface area contributed by atoms with E-state index in [2.05, 4.69) is 37.3 Å². The van der Waals surface area contributed by atoms with Gasteiger partial charge in [0.2, 0.25) is 5.95 Å². The summed E-state index contributed by atoms with van der Waals surface area (Å²) in [6, 6.07) is 20.4. The van der Waals surface area contributed by atoms with Crippen LogP contribution in [-0.2, 0) is 16.6 Å². The molecule has 1 N–H and O–H groups in total. The van der Waals surface area contributed by atoms with E-state index >= 15 is 0 Å². The molecule has 0 radical (unpaired) electrons. The number of halogens is 1. The second-order valence-corrected chi connectivity index (χ2v) is 11.7. The maximum atomic E-state index is 13.3. The Morgan fingerprint density at radius 1 is 1.06 bits per heavy atom. The summed E-state index contributed by atoms with van der Waals surface area (Å²) >= 11 is 3.47. The summed E-state index contributed by atoms with van der Waals surface area (Å²) in [5.41, 5.74) is 3.61. The molecule has 0 spiro atoms. The maximum absolute atomic E-state index is 13.3. The van der Waals surface area contributed by atoms with E-state index in [1.807, 2.05) is 49.4 Å². The first-order valence-corrected chi connectivity index (χ1v) is 14.0. The monoisotopic (exact) mass is 616 g/mol. The smallest absolute Gasteiger partial charge is 0.268 e. The lowest BCUT2D eigenvalue weighted by Crippen LogP contribution is -2.11. The summed E-state index contributed by atoms with van der Waals surface area (Å²) in [4.78, 5) is 4.88. The third-order valence-corrected chi connectivity index (χ3v) is 8.89. The Hall–Kier alpha value is -2.96. The molecular formula is C25H21IN4O3S2. The molecule has 0 atom stereocenters. The van der Waals surface area contributed by atoms with Crippen LogP contribution in [-0.4, -0.2) is 28.9 Å². The average molecular weight is 617 g/mol. The first kappa shape index (κ1) is 23.8. The van der Waals surface area contributed by atoms with E-state index in [0.29, 0.717) is 18.0 Å². The highest BCUT2D eigenvalue weighted by Crippen LogP contribution is 2.32. The normalized spacial score (nSPS) is 11.6. The molecule has 0 aliphatic carbocycles. The second-order valence-electron chi connectivity index (χ2n) is 7.95. The van der Waals surface area contributed by atoms with E-state index in [1.54, 1.807) is 37.6 Å². The average Bonchev–Trinajstić information content (AvgIpc) is 3.48. The van der Waals surface area contributed by atoms with Crippen LogP contribution in [0.2, 0.25) is 0 Å². The highest BCUT2D eigenvalue weighted by Gasteiger charge is 2.21. The van der Waals surface area contributed by atoms with Gasteiger partial charge < -0.3 is 10.1 Å². The molecule has 0 bridgehead atoms. The Morgan fingerprint density at radius 3 is 2.51 bits per heavy atom. The molecule has 5 rings (SSSR count). The number of aromatic nitrogens is 3. The fraction of sp³-hybridized carbons (Fsp3) is 0.120. The minimum atomic E-state index is -3.70. The van der Waals surface area contributed by atoms with Gasteiger partial charge in [-0.3, -0.25) is 0 Å². The number of aryl methyl sites for hydroxylation is 1. The van der Waals surface area contributed by atoms with Gasteiger partial charge in [-0.25, -0.2) is 12.4 Å². The van der Waals surface area contributed by atoms with Crippen molar-refractivity contribution in [3.63, 3.8) is 0 Å². The Labute approximate surface area is 221 Å². The Bertz CT molecular complexity index is 1610. The first-order chi connectivity index (χ1) is 16.8. The van der Waals surface area contributed by atoms with Gasteiger partial charge in [-0.05, 0) is 89.1 Å². The van der Waals surface area contributed by atoms with Crippen LogP contribution in [0.25, 0.3) is 21.5 Å². The van der Waals surface area contributed by atoms with Crippen LogP contribution in [0.1, 0.15) is 11.1 Å². The number of nitrogens with zero attached hydrogens (tertiary/aromatic N) is 3. The van der Waals surface area contributed by atoms with Crippen LogP contribution >= 0.6 is 34.1 Å². The number of methoxy groups -OCH3 is 1. The molecule has 2 aromatic heterocycles. The molecule has 0 amide bonds. The standard InChI is InChI=1S/C25H21IN4O3S2/c1-16-3-10-20(11-4-16)35(31,32)30-15-22(26)21-13-18(7-12-23(21)30)24-28-25(29-34-24)27-14-17-5-8-19(33-2)9-6-17/h3-13,15H,14H2,1-2H3,(H,27,29). The fourth-order valence-corrected chi connectivity index (χ4v) is 6.56. The Kier molecular flexibility index (Phi) is 6.51. The largest absolute Gasteiger partial charge is 0.497 e. The van der Waals surface area contributed by atoms with Crippen molar-refractivity contribution in [3.05, 3.63) is 87.6 Å². The van der Waals surface area contributed by atoms with Crippen molar-refractivity contribution < 1.29 is 13.2 Å². The van der Waals surface area contributed by atoms with Crippen molar-refractivity contribution in [1.29, 1.82) is 0 Å². The van der Waals surface area contributed by atoms with Gasteiger partial charge in [0.25, 0.3) is 10.0 Å². The van der Waals surface area contributed by atoms with Crippen LogP contribution in [0.5, 0.6) is 5.75 Å². The van der Waals surface area contributed by atoms with Gasteiger partial charge in [0.15, 0.2) is 0 Å². The predicted molar refractivity (Wildman–Crippen MR) is 148 cm³/mol. The predicted octanol–water partition coefficient (Wildman–Crippen LogP) is 5.93. The van der Waals surface area contributed by atoms with Gasteiger partial charge >= 0.3 is 0 Å². The van der Waals surface area contributed by atoms with Gasteiger partial charge in [-0.15, -0.1) is 0 Å². The third-order valence-electron chi connectivity index (χ3n) is 5.58. The SMILES string of the molecule is COc1ccc(CNc2nsc(-c3ccc4c(c3)c(I)cn4S(=O)(=O)c3ccc(C)cc3)n2)cc1. The van der Waals surface area contributed by atoms with Crippen molar-refractivity contribution in [3.8, 4) is 16.3 Å². The molecule has 178 valence electrons. The number of ether oxygens (including phenoxy) is 1. The Morgan fingerprint density at radius 2 is 1.80 bits per heavy atom. The van der Waals surface area contributed by atoms with Gasteiger partial charge in [0.05, 0.1) is 17.5 Å². The maximum Gasteiger partial charge on any atom is 0.268 e. The third kappa shape index (κ3) is 4.78. The molecule has 0 saturated heterocycles. The lowest BCUT2D eigenvalue weighted by molar-refractivity contribution is 0.414. The lowest BCUT2D eigenvalue weighted by atomic mass is 10.2. The molecule has 0 saturated carbocycles. The number of rotatable bonds is 7. The summed E-state index contributed by atoms with van der Waals surface area (Å²) in [6.45, 7) is 2.52. The molecule has 0 fully saturated rings. The number of hydrogen-bond donors (Lipinski definition) is 1. The summed E-state index contributed by atoms with van der Waals surface area (Å²) < 4.78 is 38.4. The minimum Gasteiger partial charge on any atom is -0.497 e. The summed E-state index contributed by atoms with van der Waals surface area (Å²) in [6.07, 6.45) is 1.66. The minimum absolute atomic E-state index is 0.261. The van der Waals surface area contributed by atoms with Crippen molar-refractivity contribution in [2.24, 2.45) is 0 Å². The van der Waals surface area contributed by atoms with Crippen LogP contribution in [0.4, 0.5) is 5.95 Å². The molecule has 3 aromatic carbocycles. The zero-order valence-electron chi connectivity index (χ0n) is 18.9. The van der Waals surface area contributed by atoms with Crippen LogP contribution in [0.15, 0.2) is 77.8 Å². The van der Waals surface area contributed by atoms with Crippen molar-refractivity contribution >= 4 is 61.0 Å². The molecule has 2 heterocycles. The number of anilines is 1. The summed E-state index contributed by atoms with van der Waals surface area (Å²) in [7, 11) is -2.06.